The predicted octanol–water partition coefficient (Wildman–Crippen LogP) is 2.89. The van der Waals surface area contributed by atoms with E-state index < -0.39 is 22.0 Å². The molecule has 0 spiro atoms. The summed E-state index contributed by atoms with van der Waals surface area (Å²) < 4.78 is 61.6. The topological polar surface area (TPSA) is 40.6 Å². The molecule has 1 aromatic rings. The Morgan fingerprint density at radius 2 is 1.52 bits per heavy atom. The summed E-state index contributed by atoms with van der Waals surface area (Å²) in [5.74, 6) is -1.19. The molecule has 1 aliphatic rings. The number of halogens is 3. The molecule has 1 aromatic carbocycles. The van der Waals surface area contributed by atoms with Gasteiger partial charge in [-0.3, -0.25) is 4.90 Å². The van der Waals surface area contributed by atoms with E-state index in [1.54, 1.807) is 0 Å². The Kier molecular flexibility index (Phi) is 6.51. The molecule has 0 bridgehead atoms. The van der Waals surface area contributed by atoms with E-state index in [-0.39, 0.29) is 13.1 Å². The molecule has 0 atom stereocenters. The summed E-state index contributed by atoms with van der Waals surface area (Å²) in [5.41, 5.74) is 2.40. The van der Waals surface area contributed by atoms with Crippen molar-refractivity contribution in [3.05, 3.63) is 35.4 Å². The van der Waals surface area contributed by atoms with Gasteiger partial charge in [0.1, 0.15) is 0 Å². The number of alkyl halides is 3. The third kappa shape index (κ3) is 6.60. The summed E-state index contributed by atoms with van der Waals surface area (Å²) in [6.07, 6.45) is -3.68. The molecular formula is C17H25F3N2O2S. The van der Waals surface area contributed by atoms with E-state index in [0.29, 0.717) is 25.6 Å². The minimum absolute atomic E-state index is 0.101. The second-order valence-corrected chi connectivity index (χ2v) is 8.93. The molecule has 1 saturated heterocycles. The highest BCUT2D eigenvalue weighted by molar-refractivity contribution is 7.89. The van der Waals surface area contributed by atoms with Crippen LogP contribution >= 0.6 is 0 Å². The van der Waals surface area contributed by atoms with E-state index in [9.17, 15) is 21.6 Å². The molecule has 25 heavy (non-hydrogen) atoms. The molecule has 4 nitrogen and oxygen atoms in total. The first-order valence-corrected chi connectivity index (χ1v) is 10.0. The second-order valence-electron chi connectivity index (χ2n) is 6.96. The molecule has 0 saturated carbocycles. The fourth-order valence-electron chi connectivity index (χ4n) is 2.97. The highest BCUT2D eigenvalue weighted by atomic mass is 32.2. The SMILES string of the molecule is CC(C)Cc1ccc(CN2CCN(S(=O)(=O)CC(F)(F)F)CC2)cc1. The molecule has 1 heterocycles. The minimum Gasteiger partial charge on any atom is -0.296 e. The van der Waals surface area contributed by atoms with Gasteiger partial charge in [-0.25, -0.2) is 8.42 Å². The van der Waals surface area contributed by atoms with Crippen LogP contribution in [-0.4, -0.2) is 55.7 Å². The lowest BCUT2D eigenvalue weighted by atomic mass is 10.0. The fourth-order valence-corrected chi connectivity index (χ4v) is 4.29. The number of nitrogens with zero attached hydrogens (tertiary/aromatic N) is 2. The number of benzene rings is 1. The highest BCUT2D eigenvalue weighted by Crippen LogP contribution is 2.21. The molecule has 8 heteroatoms. The number of rotatable bonds is 6. The van der Waals surface area contributed by atoms with E-state index in [1.807, 2.05) is 0 Å². The summed E-state index contributed by atoms with van der Waals surface area (Å²) in [4.78, 5) is 2.07. The van der Waals surface area contributed by atoms with Crippen LogP contribution in [0.3, 0.4) is 0 Å². The van der Waals surface area contributed by atoms with Crippen molar-refractivity contribution in [3.63, 3.8) is 0 Å². The molecule has 0 N–H and O–H groups in total. The zero-order chi connectivity index (χ0) is 18.7. The smallest absolute Gasteiger partial charge is 0.296 e. The summed E-state index contributed by atoms with van der Waals surface area (Å²) in [6.45, 7) is 6.08. The first-order chi connectivity index (χ1) is 11.5. The monoisotopic (exact) mass is 378 g/mol. The number of hydrogen-bond acceptors (Lipinski definition) is 3. The minimum atomic E-state index is -4.70. The Labute approximate surface area is 147 Å². The van der Waals surface area contributed by atoms with Gasteiger partial charge in [0.2, 0.25) is 10.0 Å². The van der Waals surface area contributed by atoms with Crippen LogP contribution in [-0.2, 0) is 23.0 Å². The number of sulfonamides is 1. The van der Waals surface area contributed by atoms with Gasteiger partial charge in [0.15, 0.2) is 5.75 Å². The average molecular weight is 378 g/mol. The van der Waals surface area contributed by atoms with Gasteiger partial charge in [0, 0.05) is 32.7 Å². The zero-order valence-electron chi connectivity index (χ0n) is 14.6. The highest BCUT2D eigenvalue weighted by Gasteiger charge is 2.39. The fraction of sp³-hybridized carbons (Fsp3) is 0.647. The van der Waals surface area contributed by atoms with E-state index in [4.69, 9.17) is 0 Å². The van der Waals surface area contributed by atoms with Crippen LogP contribution in [0.25, 0.3) is 0 Å². The standard InChI is InChI=1S/C17H25F3N2O2S/c1-14(2)11-15-3-5-16(6-4-15)12-21-7-9-22(10-8-21)25(23,24)13-17(18,19)20/h3-6,14H,7-13H2,1-2H3. The molecule has 0 radical (unpaired) electrons. The van der Waals surface area contributed by atoms with Crippen molar-refractivity contribution in [2.24, 2.45) is 5.92 Å². The molecule has 0 amide bonds. The quantitative estimate of drug-likeness (QED) is 0.764. The van der Waals surface area contributed by atoms with E-state index in [1.165, 1.54) is 5.56 Å². The van der Waals surface area contributed by atoms with E-state index in [2.05, 4.69) is 43.0 Å². The largest absolute Gasteiger partial charge is 0.404 e. The van der Waals surface area contributed by atoms with Crippen LogP contribution < -0.4 is 0 Å². The van der Waals surface area contributed by atoms with Crippen molar-refractivity contribution < 1.29 is 21.6 Å². The normalized spacial score (nSPS) is 18.0. The summed E-state index contributed by atoms with van der Waals surface area (Å²) in [6, 6.07) is 8.31. The van der Waals surface area contributed by atoms with Gasteiger partial charge in [-0.1, -0.05) is 38.1 Å². The maximum atomic E-state index is 12.4. The predicted molar refractivity (Wildman–Crippen MR) is 91.7 cm³/mol. The van der Waals surface area contributed by atoms with Gasteiger partial charge < -0.3 is 0 Å². The maximum absolute atomic E-state index is 12.4. The lowest BCUT2D eigenvalue weighted by Crippen LogP contribution is -2.50. The molecule has 2 rings (SSSR count). The first-order valence-electron chi connectivity index (χ1n) is 8.40. The van der Waals surface area contributed by atoms with Crippen LogP contribution in [0.1, 0.15) is 25.0 Å². The van der Waals surface area contributed by atoms with Gasteiger partial charge in [0.05, 0.1) is 0 Å². The number of hydrogen-bond donors (Lipinski definition) is 0. The zero-order valence-corrected chi connectivity index (χ0v) is 15.4. The molecule has 1 fully saturated rings. The van der Waals surface area contributed by atoms with Crippen molar-refractivity contribution >= 4 is 10.0 Å². The Morgan fingerprint density at radius 3 is 2.00 bits per heavy atom. The lowest BCUT2D eigenvalue weighted by Gasteiger charge is -2.34. The summed E-state index contributed by atoms with van der Waals surface area (Å²) >= 11 is 0. The maximum Gasteiger partial charge on any atom is 0.404 e. The average Bonchev–Trinajstić information content (AvgIpc) is 2.47. The van der Waals surface area contributed by atoms with Crippen molar-refractivity contribution in [2.45, 2.75) is 33.0 Å². The summed E-state index contributed by atoms with van der Waals surface area (Å²) in [7, 11) is -4.27. The molecule has 0 aromatic heterocycles. The Hall–Kier alpha value is -1.12. The summed E-state index contributed by atoms with van der Waals surface area (Å²) in [5, 5.41) is 0. The third-order valence-corrected chi connectivity index (χ3v) is 5.99. The van der Waals surface area contributed by atoms with Crippen molar-refractivity contribution in [3.8, 4) is 0 Å². The lowest BCUT2D eigenvalue weighted by molar-refractivity contribution is -0.107. The molecule has 0 aliphatic carbocycles. The molecule has 0 unspecified atom stereocenters. The second kappa shape index (κ2) is 8.05. The van der Waals surface area contributed by atoms with Gasteiger partial charge >= 0.3 is 6.18 Å². The van der Waals surface area contributed by atoms with E-state index >= 15 is 0 Å². The van der Waals surface area contributed by atoms with E-state index in [0.717, 1.165) is 16.3 Å². The molecule has 1 aliphatic heterocycles. The third-order valence-electron chi connectivity index (χ3n) is 4.14. The number of piperazine rings is 1. The Bertz CT molecular complexity index is 649. The Balaban J connectivity index is 1.86. The van der Waals surface area contributed by atoms with Crippen molar-refractivity contribution in [1.29, 1.82) is 0 Å². The van der Waals surface area contributed by atoms with Crippen LogP contribution in [0, 0.1) is 5.92 Å². The molecule has 142 valence electrons. The van der Waals surface area contributed by atoms with Gasteiger partial charge in [-0.05, 0) is 23.5 Å². The van der Waals surface area contributed by atoms with Crippen LogP contribution in [0.2, 0.25) is 0 Å². The first kappa shape index (κ1) is 20.2. The van der Waals surface area contributed by atoms with Crippen LogP contribution in [0.4, 0.5) is 13.2 Å². The van der Waals surface area contributed by atoms with Crippen LogP contribution in [0.15, 0.2) is 24.3 Å². The van der Waals surface area contributed by atoms with Gasteiger partial charge in [-0.2, -0.15) is 17.5 Å². The Morgan fingerprint density at radius 1 is 1.00 bits per heavy atom. The van der Waals surface area contributed by atoms with Crippen molar-refractivity contribution in [2.75, 3.05) is 31.9 Å². The van der Waals surface area contributed by atoms with Gasteiger partial charge in [-0.15, -0.1) is 0 Å². The van der Waals surface area contributed by atoms with Crippen LogP contribution in [0.5, 0.6) is 0 Å². The van der Waals surface area contributed by atoms with Crippen molar-refractivity contribution in [1.82, 2.24) is 9.21 Å². The van der Waals surface area contributed by atoms with Gasteiger partial charge in [0.25, 0.3) is 0 Å². The molecular weight excluding hydrogens is 353 g/mol.